The SMILES string of the molecule is CC(=O)O.CC(=O)O.CC(=O)O.CC(=O)O.NCCN.[Ca+2].[H-].[H-].[H-].[H-].[Na+].[Na+]. The Morgan fingerprint density at radius 3 is 0.696 bits per heavy atom. The number of carboxylic acids is 4. The van der Waals surface area contributed by atoms with Crippen molar-refractivity contribution in [3.63, 3.8) is 0 Å². The van der Waals surface area contributed by atoms with Gasteiger partial charge in [0, 0.05) is 40.8 Å². The fourth-order valence-electron chi connectivity index (χ4n) is 0. The summed E-state index contributed by atoms with van der Waals surface area (Å²) in [4.78, 5) is 36.0. The number of rotatable bonds is 1. The molecule has 0 bridgehead atoms. The molecule has 0 saturated heterocycles. The molecule has 0 rings (SSSR count). The summed E-state index contributed by atoms with van der Waals surface area (Å²) in [5.74, 6) is -3.33. The molecule has 0 atom stereocenters. The molecule has 0 heterocycles. The van der Waals surface area contributed by atoms with Gasteiger partial charge in [0.25, 0.3) is 23.9 Å². The molecule has 8 N–H and O–H groups in total. The van der Waals surface area contributed by atoms with E-state index in [2.05, 4.69) is 0 Å². The van der Waals surface area contributed by atoms with Crippen LogP contribution in [0.5, 0.6) is 0 Å². The zero-order valence-corrected chi connectivity index (χ0v) is 20.9. The Balaban J connectivity index is -0.00000000978. The van der Waals surface area contributed by atoms with Gasteiger partial charge in [-0.25, -0.2) is 0 Å². The van der Waals surface area contributed by atoms with Crippen molar-refractivity contribution < 1.29 is 104 Å². The van der Waals surface area contributed by atoms with Gasteiger partial charge in [0.15, 0.2) is 0 Å². The Labute approximate surface area is 215 Å². The van der Waals surface area contributed by atoms with Gasteiger partial charge in [0.2, 0.25) is 0 Å². The summed E-state index contributed by atoms with van der Waals surface area (Å²) in [6.07, 6.45) is 0. The Morgan fingerprint density at radius 1 is 0.652 bits per heavy atom. The number of hydrogen-bond donors (Lipinski definition) is 6. The molecule has 0 unspecified atom stereocenters. The topological polar surface area (TPSA) is 201 Å². The van der Waals surface area contributed by atoms with Crippen LogP contribution in [0.4, 0.5) is 0 Å². The average Bonchev–Trinajstić information content (AvgIpc) is 2.13. The summed E-state index contributed by atoms with van der Waals surface area (Å²) < 4.78 is 0. The maximum absolute atomic E-state index is 9.00. The fourth-order valence-corrected chi connectivity index (χ4v) is 0. The Kier molecular flexibility index (Phi) is 107. The van der Waals surface area contributed by atoms with Crippen molar-refractivity contribution in [1.82, 2.24) is 0 Å². The molecule has 13 heteroatoms. The number of nitrogens with two attached hydrogens (primary N) is 2. The van der Waals surface area contributed by atoms with Crippen molar-refractivity contribution in [3.05, 3.63) is 0 Å². The maximum Gasteiger partial charge on any atom is 2.00 e. The van der Waals surface area contributed by atoms with Crippen molar-refractivity contribution in [2.75, 3.05) is 13.1 Å². The van der Waals surface area contributed by atoms with Gasteiger partial charge in [-0.1, -0.05) is 0 Å². The van der Waals surface area contributed by atoms with Crippen LogP contribution in [0.25, 0.3) is 0 Å². The number of carboxylic acid groups (broad SMARTS) is 4. The van der Waals surface area contributed by atoms with Gasteiger partial charge < -0.3 is 37.6 Å². The van der Waals surface area contributed by atoms with Crippen LogP contribution in [0.3, 0.4) is 0 Å². The molecule has 0 aliphatic carbocycles. The third-order valence-electron chi connectivity index (χ3n) is 0.167. The van der Waals surface area contributed by atoms with Crippen LogP contribution in [-0.4, -0.2) is 95.1 Å². The van der Waals surface area contributed by atoms with Gasteiger partial charge in [-0.2, -0.15) is 0 Å². The molecule has 0 saturated carbocycles. The first kappa shape index (κ1) is 49.6. The normalized spacial score (nSPS) is 5.65. The number of carbonyl (C=O) groups is 4. The standard InChI is InChI=1S/C2H8N2.4C2H4O2.Ca.2Na.4H/c3-1-2-4;4*1-2(3)4;;;;;;;/h1-4H2;4*1H3,(H,3,4);;;;;;;/q;;;;;+2;2*+1;4*-1. The predicted molar refractivity (Wildman–Crippen MR) is 81.6 cm³/mol. The maximum atomic E-state index is 9.00. The summed E-state index contributed by atoms with van der Waals surface area (Å²) in [6, 6.07) is 0. The second kappa shape index (κ2) is 49.5. The summed E-state index contributed by atoms with van der Waals surface area (Å²) >= 11 is 0. The van der Waals surface area contributed by atoms with E-state index in [1.807, 2.05) is 0 Å². The van der Waals surface area contributed by atoms with Crippen LogP contribution >= 0.6 is 0 Å². The van der Waals surface area contributed by atoms with Crippen molar-refractivity contribution >= 4 is 61.6 Å². The first-order chi connectivity index (χ1) is 8.84. The second-order valence-corrected chi connectivity index (χ2v) is 2.65. The van der Waals surface area contributed by atoms with Gasteiger partial charge in [-0.15, -0.1) is 0 Å². The Hall–Kier alpha value is 1.06. The molecule has 0 aliphatic rings. The molecule has 0 aliphatic heterocycles. The predicted octanol–water partition coefficient (Wildman–Crippen LogP) is -6.66. The summed E-state index contributed by atoms with van der Waals surface area (Å²) in [5, 5.41) is 29.7. The molecule has 23 heavy (non-hydrogen) atoms. The van der Waals surface area contributed by atoms with E-state index in [1.165, 1.54) is 0 Å². The van der Waals surface area contributed by atoms with Crippen molar-refractivity contribution in [3.8, 4) is 0 Å². The summed E-state index contributed by atoms with van der Waals surface area (Å²) in [5.41, 5.74) is 9.81. The van der Waals surface area contributed by atoms with E-state index in [0.29, 0.717) is 13.1 Å². The quantitative estimate of drug-likeness (QED) is 0.234. The van der Waals surface area contributed by atoms with E-state index in [4.69, 9.17) is 51.1 Å². The van der Waals surface area contributed by atoms with Gasteiger partial charge >= 0.3 is 96.9 Å². The van der Waals surface area contributed by atoms with E-state index < -0.39 is 23.9 Å². The Bertz CT molecular complexity index is 222. The van der Waals surface area contributed by atoms with E-state index >= 15 is 0 Å². The molecule has 0 amide bonds. The number of aliphatic carboxylic acids is 4. The fraction of sp³-hybridized carbons (Fsp3) is 0.600. The van der Waals surface area contributed by atoms with Crippen molar-refractivity contribution in [1.29, 1.82) is 0 Å². The second-order valence-electron chi connectivity index (χ2n) is 2.65. The minimum Gasteiger partial charge on any atom is -1.00 e. The molecule has 0 fully saturated rings. The molecule has 0 radical (unpaired) electrons. The third kappa shape index (κ3) is 2410. The summed E-state index contributed by atoms with van der Waals surface area (Å²) in [6.45, 7) is 5.53. The van der Waals surface area contributed by atoms with Crippen molar-refractivity contribution in [2.45, 2.75) is 27.7 Å². The van der Waals surface area contributed by atoms with Crippen LogP contribution in [0, 0.1) is 0 Å². The van der Waals surface area contributed by atoms with Crippen LogP contribution in [0.1, 0.15) is 33.4 Å². The first-order valence-electron chi connectivity index (χ1n) is 5.03. The largest absolute Gasteiger partial charge is 2.00 e. The van der Waals surface area contributed by atoms with Crippen molar-refractivity contribution in [2.24, 2.45) is 11.5 Å². The van der Waals surface area contributed by atoms with Crippen LogP contribution in [0.15, 0.2) is 0 Å². The average molecular weight is 390 g/mol. The van der Waals surface area contributed by atoms with E-state index in [9.17, 15) is 0 Å². The first-order valence-corrected chi connectivity index (χ1v) is 5.03. The van der Waals surface area contributed by atoms with Crippen LogP contribution in [0.2, 0.25) is 0 Å². The third-order valence-corrected chi connectivity index (χ3v) is 0.167. The van der Waals surface area contributed by atoms with E-state index in [0.717, 1.165) is 27.7 Å². The molecular weight excluding hydrogens is 362 g/mol. The minimum atomic E-state index is -0.833. The Morgan fingerprint density at radius 2 is 0.696 bits per heavy atom. The van der Waals surface area contributed by atoms with Gasteiger partial charge in [-0.3, -0.25) is 19.2 Å². The van der Waals surface area contributed by atoms with Gasteiger partial charge in [0.1, 0.15) is 0 Å². The zero-order valence-electron chi connectivity index (χ0n) is 18.7. The van der Waals surface area contributed by atoms with Gasteiger partial charge in [-0.05, 0) is 0 Å². The molecule has 0 spiro atoms. The summed E-state index contributed by atoms with van der Waals surface area (Å²) in [7, 11) is 0. The minimum absolute atomic E-state index is 0. The van der Waals surface area contributed by atoms with Gasteiger partial charge in [0.05, 0.1) is 0 Å². The van der Waals surface area contributed by atoms with Crippen LogP contribution < -0.4 is 70.6 Å². The molecule has 0 aromatic rings. The molecule has 0 aromatic carbocycles. The molecule has 0 aromatic heterocycles. The van der Waals surface area contributed by atoms with Crippen LogP contribution in [-0.2, 0) is 19.2 Å². The molecule has 10 nitrogen and oxygen atoms in total. The number of hydrogen-bond acceptors (Lipinski definition) is 6. The van der Waals surface area contributed by atoms with E-state index in [1.54, 1.807) is 0 Å². The van der Waals surface area contributed by atoms with E-state index in [-0.39, 0.29) is 103 Å². The zero-order chi connectivity index (χ0) is 17.7. The molecule has 130 valence electrons. The smallest absolute Gasteiger partial charge is 1.00 e. The molecular formula is C10H28CaN2Na2O8. The monoisotopic (exact) mass is 390 g/mol.